The Morgan fingerprint density at radius 3 is 2.26 bits per heavy atom. The zero-order valence-electron chi connectivity index (χ0n) is 19.2. The van der Waals surface area contributed by atoms with Crippen molar-refractivity contribution >= 4 is 12.4 Å². The summed E-state index contributed by atoms with van der Waals surface area (Å²) in [7, 11) is 1.33. The fourth-order valence-corrected chi connectivity index (χ4v) is 4.50. The first kappa shape index (κ1) is 24.3. The lowest BCUT2D eigenvalue weighted by atomic mass is 9.96. The minimum absolute atomic E-state index is 0.00997. The quantitative estimate of drug-likeness (QED) is 0.347. The summed E-state index contributed by atoms with van der Waals surface area (Å²) in [6, 6.07) is 18.8. The Kier molecular flexibility index (Phi) is 7.33. The molecule has 2 unspecified atom stereocenters. The maximum atomic E-state index is 12.3. The van der Waals surface area contributed by atoms with Crippen LogP contribution in [0.15, 0.2) is 60.7 Å². The summed E-state index contributed by atoms with van der Waals surface area (Å²) in [6.07, 6.45) is -3.14. The fourth-order valence-electron chi connectivity index (χ4n) is 4.50. The normalized spacial score (nSPS) is 13.9. The van der Waals surface area contributed by atoms with Crippen LogP contribution in [0.3, 0.4) is 0 Å². The zero-order valence-corrected chi connectivity index (χ0v) is 19.2. The molecule has 2 atom stereocenters. The van der Waals surface area contributed by atoms with E-state index >= 15 is 0 Å². The summed E-state index contributed by atoms with van der Waals surface area (Å²) in [5.41, 5.74) is 4.36. The van der Waals surface area contributed by atoms with Crippen LogP contribution in [0.4, 0.5) is 4.79 Å². The molecule has 35 heavy (non-hydrogen) atoms. The Morgan fingerprint density at radius 2 is 1.66 bits per heavy atom. The van der Waals surface area contributed by atoms with Gasteiger partial charge in [-0.05, 0) is 40.8 Å². The Hall–Kier alpha value is -3.88. The van der Waals surface area contributed by atoms with Crippen molar-refractivity contribution in [1.82, 2.24) is 5.32 Å². The van der Waals surface area contributed by atoms with Crippen molar-refractivity contribution < 1.29 is 34.4 Å². The molecule has 0 heterocycles. The number of aliphatic hydroxyl groups excluding tert-OH is 2. The van der Waals surface area contributed by atoms with Gasteiger partial charge >= 0.3 is 6.09 Å². The molecule has 8 heteroatoms. The number of hydrogen-bond acceptors (Lipinski definition) is 7. The van der Waals surface area contributed by atoms with Crippen molar-refractivity contribution in [3.8, 4) is 22.6 Å². The number of rotatable bonds is 9. The molecule has 0 aliphatic heterocycles. The molecule has 3 aromatic rings. The van der Waals surface area contributed by atoms with Gasteiger partial charge in [-0.25, -0.2) is 4.79 Å². The average Bonchev–Trinajstić information content (AvgIpc) is 3.20. The van der Waals surface area contributed by atoms with E-state index in [0.717, 1.165) is 22.3 Å². The highest BCUT2D eigenvalue weighted by Crippen LogP contribution is 2.44. The number of fused-ring (bicyclic) bond motifs is 3. The molecule has 1 amide bonds. The molecule has 4 N–H and O–H groups in total. The van der Waals surface area contributed by atoms with Crippen LogP contribution in [0.1, 0.15) is 45.5 Å². The van der Waals surface area contributed by atoms with Gasteiger partial charge in [-0.15, -0.1) is 0 Å². The summed E-state index contributed by atoms with van der Waals surface area (Å²) >= 11 is 0. The van der Waals surface area contributed by atoms with Crippen molar-refractivity contribution in [2.75, 3.05) is 20.3 Å². The van der Waals surface area contributed by atoms with Gasteiger partial charge in [0.1, 0.15) is 12.7 Å². The van der Waals surface area contributed by atoms with Gasteiger partial charge in [-0.2, -0.15) is 0 Å². The fraction of sp³-hybridized carbons (Fsp3) is 0.259. The molecule has 0 radical (unpaired) electrons. The van der Waals surface area contributed by atoms with Crippen molar-refractivity contribution in [2.45, 2.75) is 24.5 Å². The molecule has 0 fully saturated rings. The van der Waals surface area contributed by atoms with Crippen LogP contribution in [-0.4, -0.2) is 54.1 Å². The van der Waals surface area contributed by atoms with E-state index in [1.165, 1.54) is 19.2 Å². The van der Waals surface area contributed by atoms with E-state index in [4.69, 9.17) is 9.47 Å². The molecule has 0 saturated heterocycles. The van der Waals surface area contributed by atoms with Crippen molar-refractivity contribution in [3.63, 3.8) is 0 Å². The van der Waals surface area contributed by atoms with Crippen LogP contribution < -0.4 is 10.1 Å². The van der Waals surface area contributed by atoms with Crippen LogP contribution in [0, 0.1) is 0 Å². The lowest BCUT2D eigenvalue weighted by molar-refractivity contribution is 0.0119. The minimum atomic E-state index is -1.56. The smallest absolute Gasteiger partial charge is 0.407 e. The third-order valence-corrected chi connectivity index (χ3v) is 6.27. The maximum Gasteiger partial charge on any atom is 0.407 e. The number of aromatic hydroxyl groups is 1. The lowest BCUT2D eigenvalue weighted by Crippen LogP contribution is -2.31. The Balaban J connectivity index is 1.32. The number of phenolic OH excluding ortho intramolecular Hbond substituents is 1. The first-order valence-corrected chi connectivity index (χ1v) is 11.3. The Labute approximate surface area is 202 Å². The molecule has 1 aliphatic rings. The van der Waals surface area contributed by atoms with Gasteiger partial charge in [0.15, 0.2) is 17.8 Å². The summed E-state index contributed by atoms with van der Waals surface area (Å²) in [5, 5.41) is 33.8. The Morgan fingerprint density at radius 1 is 1.03 bits per heavy atom. The largest absolute Gasteiger partial charge is 0.504 e. The number of phenols is 1. The van der Waals surface area contributed by atoms with Gasteiger partial charge in [-0.1, -0.05) is 48.5 Å². The molecular weight excluding hydrogens is 450 g/mol. The predicted molar refractivity (Wildman–Crippen MR) is 129 cm³/mol. The second-order valence-electron chi connectivity index (χ2n) is 8.29. The molecule has 0 aromatic heterocycles. The number of alkyl carbamates (subject to hydrolysis) is 1. The molecule has 8 nitrogen and oxygen atoms in total. The van der Waals surface area contributed by atoms with E-state index in [2.05, 4.69) is 17.4 Å². The van der Waals surface area contributed by atoms with E-state index in [9.17, 15) is 24.9 Å². The number of carbonyl (C=O) groups is 2. The molecule has 3 aromatic carbocycles. The van der Waals surface area contributed by atoms with Crippen LogP contribution in [0.5, 0.6) is 11.5 Å². The monoisotopic (exact) mass is 477 g/mol. The standard InChI is InChI=1S/C27H27NO7/c1-34-23-11-10-16(14-29)24(26(23)32)25(31)22(30)12-13-28-27(33)35-15-21-19-8-4-2-6-17(19)18-7-3-5-9-20(18)21/h2-11,14,21-22,25,30-32H,12-13,15H2,1H3,(H,28,33). The summed E-state index contributed by atoms with van der Waals surface area (Å²) in [4.78, 5) is 23.6. The van der Waals surface area contributed by atoms with Gasteiger partial charge in [0.05, 0.1) is 13.2 Å². The van der Waals surface area contributed by atoms with E-state index in [1.807, 2.05) is 36.4 Å². The van der Waals surface area contributed by atoms with E-state index in [1.54, 1.807) is 0 Å². The molecule has 1 aliphatic carbocycles. The highest BCUT2D eigenvalue weighted by atomic mass is 16.5. The molecule has 4 rings (SSSR count). The highest BCUT2D eigenvalue weighted by molar-refractivity contribution is 5.80. The second kappa shape index (κ2) is 10.6. The van der Waals surface area contributed by atoms with Crippen LogP contribution in [0.25, 0.3) is 11.1 Å². The number of nitrogens with one attached hydrogen (secondary N) is 1. The number of methoxy groups -OCH3 is 1. The number of amides is 1. The topological polar surface area (TPSA) is 125 Å². The first-order valence-electron chi connectivity index (χ1n) is 11.3. The summed E-state index contributed by atoms with van der Waals surface area (Å²) in [5.74, 6) is -0.430. The zero-order chi connectivity index (χ0) is 24.9. The van der Waals surface area contributed by atoms with Gasteiger partial charge < -0.3 is 30.1 Å². The lowest BCUT2D eigenvalue weighted by Gasteiger charge is -2.21. The molecule has 0 bridgehead atoms. The number of hydrogen-bond donors (Lipinski definition) is 4. The van der Waals surface area contributed by atoms with Gasteiger partial charge in [0.2, 0.25) is 0 Å². The van der Waals surface area contributed by atoms with Gasteiger partial charge in [-0.3, -0.25) is 4.79 Å². The molecular formula is C27H27NO7. The molecule has 182 valence electrons. The number of aldehydes is 1. The number of ether oxygens (including phenoxy) is 2. The van der Waals surface area contributed by atoms with Crippen molar-refractivity contribution in [2.24, 2.45) is 0 Å². The van der Waals surface area contributed by atoms with Crippen molar-refractivity contribution in [3.05, 3.63) is 82.9 Å². The number of aliphatic hydroxyl groups is 2. The van der Waals surface area contributed by atoms with Gasteiger partial charge in [0.25, 0.3) is 0 Å². The summed E-state index contributed by atoms with van der Waals surface area (Å²) < 4.78 is 10.5. The number of carbonyl (C=O) groups excluding carboxylic acids is 2. The minimum Gasteiger partial charge on any atom is -0.504 e. The maximum absolute atomic E-state index is 12.3. The molecule has 0 spiro atoms. The molecule has 0 saturated carbocycles. The van der Waals surface area contributed by atoms with E-state index < -0.39 is 24.1 Å². The van der Waals surface area contributed by atoms with Crippen LogP contribution in [-0.2, 0) is 4.74 Å². The predicted octanol–water partition coefficient (Wildman–Crippen LogP) is 3.54. The SMILES string of the molecule is COc1ccc(C=O)c(C(O)C(O)CCNC(=O)OCC2c3ccccc3-c3ccccc32)c1O. The first-order chi connectivity index (χ1) is 17.0. The Bertz CT molecular complexity index is 1180. The highest BCUT2D eigenvalue weighted by Gasteiger charge is 2.29. The van der Waals surface area contributed by atoms with Crippen molar-refractivity contribution in [1.29, 1.82) is 0 Å². The third-order valence-electron chi connectivity index (χ3n) is 6.27. The van der Waals surface area contributed by atoms with Crippen LogP contribution >= 0.6 is 0 Å². The van der Waals surface area contributed by atoms with E-state index in [0.29, 0.717) is 6.29 Å². The third kappa shape index (κ3) is 4.84. The van der Waals surface area contributed by atoms with Crippen LogP contribution in [0.2, 0.25) is 0 Å². The second-order valence-corrected chi connectivity index (χ2v) is 8.29. The average molecular weight is 478 g/mol. The van der Waals surface area contributed by atoms with Gasteiger partial charge in [0, 0.05) is 23.6 Å². The summed E-state index contributed by atoms with van der Waals surface area (Å²) in [6.45, 7) is 0.168. The number of benzene rings is 3. The van der Waals surface area contributed by atoms with E-state index in [-0.39, 0.29) is 42.4 Å².